The summed E-state index contributed by atoms with van der Waals surface area (Å²) in [4.78, 5) is 24.5. The maximum absolute atomic E-state index is 12.4. The first-order valence-corrected chi connectivity index (χ1v) is 12.3. The van der Waals surface area contributed by atoms with Gasteiger partial charge in [-0.25, -0.2) is 9.59 Å². The molecule has 39 heavy (non-hydrogen) atoms. The Morgan fingerprint density at radius 3 is 2.64 bits per heavy atom. The zero-order valence-corrected chi connectivity index (χ0v) is 22.4. The Bertz CT molecular complexity index is 1260. The Morgan fingerprint density at radius 1 is 1.18 bits per heavy atom. The summed E-state index contributed by atoms with van der Waals surface area (Å²) in [7, 11) is 2.89. The van der Waals surface area contributed by atoms with Gasteiger partial charge in [0.05, 0.1) is 38.7 Å². The number of amides is 2. The second kappa shape index (κ2) is 13.9. The predicted octanol–water partition coefficient (Wildman–Crippen LogP) is 2.94. The van der Waals surface area contributed by atoms with E-state index in [1.165, 1.54) is 7.11 Å². The lowest BCUT2D eigenvalue weighted by Gasteiger charge is -2.28. The monoisotopic (exact) mass is 538 g/mol. The number of carbonyl (C=O) groups is 2. The van der Waals surface area contributed by atoms with Crippen molar-refractivity contribution < 1.29 is 33.6 Å². The Morgan fingerprint density at radius 2 is 1.95 bits per heavy atom. The van der Waals surface area contributed by atoms with E-state index in [0.29, 0.717) is 35.8 Å². The van der Waals surface area contributed by atoms with Crippen LogP contribution in [0.1, 0.15) is 36.6 Å². The molecule has 0 aromatic heterocycles. The summed E-state index contributed by atoms with van der Waals surface area (Å²) in [5.74, 6) is 0.952. The molecule has 0 radical (unpaired) electrons. The Balaban J connectivity index is 1.69. The molecule has 11 nitrogen and oxygen atoms in total. The number of aliphatic hydroxyl groups is 1. The molecule has 0 bridgehead atoms. The Kier molecular flexibility index (Phi) is 10.3. The predicted molar refractivity (Wildman–Crippen MR) is 146 cm³/mol. The highest BCUT2D eigenvalue weighted by atomic mass is 16.5. The number of rotatable bonds is 13. The summed E-state index contributed by atoms with van der Waals surface area (Å²) < 4.78 is 21.8. The number of carbonyl (C=O) groups excluding carboxylic acids is 2. The number of methoxy groups -OCH3 is 2. The summed E-state index contributed by atoms with van der Waals surface area (Å²) in [5.41, 5.74) is 5.69. The fourth-order valence-corrected chi connectivity index (χ4v) is 4.01. The standard InChI is InChI=1S/C28H34N4O7/c1-6-8-19-13-18(9-11-21(19)36-4)15-29-32-24(33)16-39-22-12-10-20(14-23(22)38-7-2)26-25(27(34)37-5)17(3)30-28(35)31-26/h6,9-15,24,26,32-33H,1,7-8,16H2,2-5H3,(H2,30,31,35)/b29-15-/t24-,26+/m0/s1. The number of nitrogens with one attached hydrogen (secondary N) is 3. The van der Waals surface area contributed by atoms with Crippen molar-refractivity contribution in [1.29, 1.82) is 0 Å². The van der Waals surface area contributed by atoms with E-state index in [0.717, 1.165) is 16.9 Å². The third-order valence-electron chi connectivity index (χ3n) is 5.78. The number of ether oxygens (including phenoxy) is 4. The van der Waals surface area contributed by atoms with Gasteiger partial charge in [0.1, 0.15) is 12.4 Å². The lowest BCUT2D eigenvalue weighted by molar-refractivity contribution is -0.136. The smallest absolute Gasteiger partial charge is 0.337 e. The van der Waals surface area contributed by atoms with Crippen molar-refractivity contribution in [2.45, 2.75) is 32.5 Å². The highest BCUT2D eigenvalue weighted by molar-refractivity contribution is 5.95. The highest BCUT2D eigenvalue weighted by Gasteiger charge is 2.32. The molecule has 3 rings (SSSR count). The average molecular weight is 539 g/mol. The van der Waals surface area contributed by atoms with E-state index < -0.39 is 24.3 Å². The van der Waals surface area contributed by atoms with Gasteiger partial charge in [-0.1, -0.05) is 12.1 Å². The van der Waals surface area contributed by atoms with Crippen LogP contribution in [-0.2, 0) is 16.0 Å². The van der Waals surface area contributed by atoms with E-state index in [1.54, 1.807) is 44.5 Å². The maximum atomic E-state index is 12.4. The summed E-state index contributed by atoms with van der Waals surface area (Å²) in [6.07, 6.45) is 2.91. The van der Waals surface area contributed by atoms with Crippen LogP contribution in [0.5, 0.6) is 17.2 Å². The first-order valence-electron chi connectivity index (χ1n) is 12.3. The Hall–Kier alpha value is -4.51. The largest absolute Gasteiger partial charge is 0.496 e. The molecule has 1 aliphatic rings. The second-order valence-corrected chi connectivity index (χ2v) is 8.48. The zero-order chi connectivity index (χ0) is 28.4. The third kappa shape index (κ3) is 7.51. The fourth-order valence-electron chi connectivity index (χ4n) is 4.01. The number of esters is 1. The van der Waals surface area contributed by atoms with Crippen LogP contribution < -0.4 is 30.3 Å². The van der Waals surface area contributed by atoms with E-state index in [-0.39, 0.29) is 12.2 Å². The molecule has 2 atom stereocenters. The van der Waals surface area contributed by atoms with E-state index in [4.69, 9.17) is 18.9 Å². The average Bonchev–Trinajstić information content (AvgIpc) is 2.92. The molecular weight excluding hydrogens is 504 g/mol. The molecule has 1 heterocycles. The third-order valence-corrected chi connectivity index (χ3v) is 5.78. The number of hydrazone groups is 1. The summed E-state index contributed by atoms with van der Waals surface area (Å²) in [6, 6.07) is 9.46. The van der Waals surface area contributed by atoms with Crippen molar-refractivity contribution in [1.82, 2.24) is 16.1 Å². The van der Waals surface area contributed by atoms with Crippen LogP contribution in [0.3, 0.4) is 0 Å². The van der Waals surface area contributed by atoms with Crippen LogP contribution in [0.2, 0.25) is 0 Å². The molecule has 0 spiro atoms. The number of hydrogen-bond acceptors (Lipinski definition) is 9. The molecule has 2 aromatic rings. The van der Waals surface area contributed by atoms with Crippen LogP contribution in [0, 0.1) is 0 Å². The molecule has 11 heteroatoms. The molecule has 0 unspecified atom stereocenters. The number of urea groups is 1. The van der Waals surface area contributed by atoms with Gasteiger partial charge >= 0.3 is 12.0 Å². The van der Waals surface area contributed by atoms with Gasteiger partial charge in [-0.05, 0) is 67.3 Å². The fraction of sp³-hybridized carbons (Fsp3) is 0.321. The van der Waals surface area contributed by atoms with E-state index in [9.17, 15) is 14.7 Å². The van der Waals surface area contributed by atoms with Crippen LogP contribution in [0.25, 0.3) is 0 Å². The molecule has 208 valence electrons. The second-order valence-electron chi connectivity index (χ2n) is 8.48. The normalized spacial score (nSPS) is 15.7. The number of aliphatic hydroxyl groups excluding tert-OH is 1. The van der Waals surface area contributed by atoms with Crippen LogP contribution in [0.4, 0.5) is 4.79 Å². The van der Waals surface area contributed by atoms with Gasteiger partial charge in [-0.2, -0.15) is 5.10 Å². The van der Waals surface area contributed by atoms with Crippen molar-refractivity contribution in [2.24, 2.45) is 5.10 Å². The van der Waals surface area contributed by atoms with Crippen molar-refractivity contribution in [2.75, 3.05) is 27.4 Å². The summed E-state index contributed by atoms with van der Waals surface area (Å²) >= 11 is 0. The van der Waals surface area contributed by atoms with Gasteiger partial charge in [0.15, 0.2) is 17.7 Å². The highest BCUT2D eigenvalue weighted by Crippen LogP contribution is 2.35. The van der Waals surface area contributed by atoms with Gasteiger partial charge < -0.3 is 34.7 Å². The molecule has 2 aromatic carbocycles. The minimum atomic E-state index is -1.11. The SMILES string of the molecule is C=CCc1cc(/C=N\N[C@@H](O)COc2ccc([C@H]3NC(=O)NC(C)=C3C(=O)OC)cc2OCC)ccc1OC. The zero-order valence-electron chi connectivity index (χ0n) is 22.4. The van der Waals surface area contributed by atoms with Gasteiger partial charge in [-0.15, -0.1) is 6.58 Å². The van der Waals surface area contributed by atoms with Crippen LogP contribution in [-0.4, -0.2) is 57.0 Å². The Labute approximate surface area is 227 Å². The topological polar surface area (TPSA) is 140 Å². The minimum Gasteiger partial charge on any atom is -0.496 e. The van der Waals surface area contributed by atoms with Crippen molar-refractivity contribution in [3.05, 3.63) is 77.0 Å². The summed E-state index contributed by atoms with van der Waals surface area (Å²) in [5, 5.41) is 19.8. The number of benzene rings is 2. The van der Waals surface area contributed by atoms with Crippen LogP contribution >= 0.6 is 0 Å². The van der Waals surface area contributed by atoms with Crippen LogP contribution in [0.15, 0.2) is 65.4 Å². The van der Waals surface area contributed by atoms with E-state index in [2.05, 4.69) is 27.7 Å². The molecule has 0 saturated heterocycles. The molecule has 1 aliphatic heterocycles. The number of nitrogens with zero attached hydrogens (tertiary/aromatic N) is 1. The first kappa shape index (κ1) is 29.1. The molecule has 0 aliphatic carbocycles. The van der Waals surface area contributed by atoms with Gasteiger partial charge in [0.25, 0.3) is 0 Å². The number of allylic oxidation sites excluding steroid dienone is 2. The molecule has 0 saturated carbocycles. The van der Waals surface area contributed by atoms with Crippen molar-refractivity contribution in [3.63, 3.8) is 0 Å². The molecule has 0 fully saturated rings. The van der Waals surface area contributed by atoms with E-state index in [1.807, 2.05) is 25.1 Å². The number of hydrogen-bond donors (Lipinski definition) is 4. The quantitative estimate of drug-likeness (QED) is 0.100. The minimum absolute atomic E-state index is 0.127. The van der Waals surface area contributed by atoms with Gasteiger partial charge in [0.2, 0.25) is 0 Å². The summed E-state index contributed by atoms with van der Waals surface area (Å²) in [6.45, 7) is 7.42. The van der Waals surface area contributed by atoms with E-state index >= 15 is 0 Å². The van der Waals surface area contributed by atoms with Gasteiger partial charge in [-0.3, -0.25) is 5.43 Å². The van der Waals surface area contributed by atoms with Crippen molar-refractivity contribution >= 4 is 18.2 Å². The molecule has 4 N–H and O–H groups in total. The molecule has 2 amide bonds. The van der Waals surface area contributed by atoms with Gasteiger partial charge in [0, 0.05) is 5.70 Å². The maximum Gasteiger partial charge on any atom is 0.337 e. The lowest BCUT2D eigenvalue weighted by Crippen LogP contribution is -2.45. The van der Waals surface area contributed by atoms with Crippen molar-refractivity contribution in [3.8, 4) is 17.2 Å². The lowest BCUT2D eigenvalue weighted by atomic mass is 9.95. The first-order chi connectivity index (χ1) is 18.8. The molecular formula is C28H34N4O7.